The minimum atomic E-state index is -0.545. The molecule has 1 heterocycles. The Kier molecular flexibility index (Phi) is 10.7. The third kappa shape index (κ3) is 7.78. The number of nitrogens with zero attached hydrogens (tertiary/aromatic N) is 4. The molecule has 10 nitrogen and oxygen atoms in total. The van der Waals surface area contributed by atoms with Crippen LogP contribution in [-0.4, -0.2) is 88.0 Å². The molecule has 0 saturated carbocycles. The fourth-order valence-electron chi connectivity index (χ4n) is 2.33. The van der Waals surface area contributed by atoms with E-state index < -0.39 is 5.69 Å². The minimum Gasteiger partial charge on any atom is -0.396 e. The standard InChI is InChI=1S/C15H29N5O5/c21-9-1-5-19(6-2-10-22)13-16-14(18-15(25)17-13)20(7-3-11-23)8-4-12-24/h21-24H,1-12H2,(H,16,17,18,25). The highest BCUT2D eigenvalue weighted by molar-refractivity contribution is 5.37. The predicted octanol–water partition coefficient (Wildman–Crippen LogP) is -1.69. The molecule has 0 bridgehead atoms. The fourth-order valence-corrected chi connectivity index (χ4v) is 2.33. The lowest BCUT2D eigenvalue weighted by atomic mass is 10.3. The highest BCUT2D eigenvalue weighted by Crippen LogP contribution is 2.12. The first-order chi connectivity index (χ1) is 12.2. The maximum absolute atomic E-state index is 12.0. The van der Waals surface area contributed by atoms with Gasteiger partial charge in [-0.25, -0.2) is 4.79 Å². The molecule has 0 fully saturated rings. The summed E-state index contributed by atoms with van der Waals surface area (Å²) in [5.74, 6) is 0.563. The van der Waals surface area contributed by atoms with E-state index in [0.29, 0.717) is 57.8 Å². The van der Waals surface area contributed by atoms with Gasteiger partial charge in [-0.2, -0.15) is 9.97 Å². The number of hydrogen-bond acceptors (Lipinski definition) is 9. The minimum absolute atomic E-state index is 0.00476. The maximum Gasteiger partial charge on any atom is 0.351 e. The van der Waals surface area contributed by atoms with Crippen molar-refractivity contribution >= 4 is 11.9 Å². The quantitative estimate of drug-likeness (QED) is 0.262. The monoisotopic (exact) mass is 359 g/mol. The van der Waals surface area contributed by atoms with Crippen molar-refractivity contribution in [3.05, 3.63) is 10.5 Å². The lowest BCUT2D eigenvalue weighted by molar-refractivity contribution is 0.281. The molecule has 0 atom stereocenters. The van der Waals surface area contributed by atoms with Crippen molar-refractivity contribution < 1.29 is 20.4 Å². The Morgan fingerprint density at radius 3 is 1.60 bits per heavy atom. The van der Waals surface area contributed by atoms with Crippen LogP contribution < -0.4 is 15.5 Å². The summed E-state index contributed by atoms with van der Waals surface area (Å²) >= 11 is 0. The second-order valence-corrected chi connectivity index (χ2v) is 5.56. The van der Waals surface area contributed by atoms with Crippen LogP contribution in [0.5, 0.6) is 0 Å². The molecule has 0 aliphatic heterocycles. The van der Waals surface area contributed by atoms with Gasteiger partial charge in [-0.1, -0.05) is 0 Å². The van der Waals surface area contributed by atoms with Gasteiger partial charge in [0.25, 0.3) is 0 Å². The van der Waals surface area contributed by atoms with Crippen LogP contribution in [0.2, 0.25) is 0 Å². The Bertz CT molecular complexity index is 470. The zero-order chi connectivity index (χ0) is 18.5. The van der Waals surface area contributed by atoms with Gasteiger partial charge in [0, 0.05) is 52.6 Å². The molecule has 0 aromatic carbocycles. The van der Waals surface area contributed by atoms with Gasteiger partial charge in [-0.15, -0.1) is 0 Å². The zero-order valence-corrected chi connectivity index (χ0v) is 14.5. The van der Waals surface area contributed by atoms with Crippen LogP contribution >= 0.6 is 0 Å². The average molecular weight is 359 g/mol. The molecule has 0 spiro atoms. The van der Waals surface area contributed by atoms with Crippen LogP contribution in [0, 0.1) is 0 Å². The molecular weight excluding hydrogens is 330 g/mol. The zero-order valence-electron chi connectivity index (χ0n) is 14.5. The van der Waals surface area contributed by atoms with Crippen LogP contribution in [0.1, 0.15) is 25.7 Å². The summed E-state index contributed by atoms with van der Waals surface area (Å²) < 4.78 is 0. The van der Waals surface area contributed by atoms with E-state index >= 15 is 0 Å². The van der Waals surface area contributed by atoms with Crippen molar-refractivity contribution in [3.8, 4) is 0 Å². The molecule has 0 unspecified atom stereocenters. The Hall–Kier alpha value is -1.75. The summed E-state index contributed by atoms with van der Waals surface area (Å²) in [6.45, 7) is 1.93. The third-order valence-electron chi connectivity index (χ3n) is 3.55. The van der Waals surface area contributed by atoms with Gasteiger partial charge >= 0.3 is 5.69 Å². The van der Waals surface area contributed by atoms with Gasteiger partial charge in [0.1, 0.15) is 0 Å². The molecule has 0 saturated heterocycles. The first-order valence-corrected chi connectivity index (χ1v) is 8.58. The molecule has 25 heavy (non-hydrogen) atoms. The lowest BCUT2D eigenvalue weighted by Crippen LogP contribution is -2.35. The van der Waals surface area contributed by atoms with Crippen LogP contribution in [0.3, 0.4) is 0 Å². The Morgan fingerprint density at radius 2 is 1.16 bits per heavy atom. The molecule has 10 heteroatoms. The van der Waals surface area contributed by atoms with E-state index in [4.69, 9.17) is 20.4 Å². The van der Waals surface area contributed by atoms with E-state index in [1.54, 1.807) is 9.80 Å². The number of aliphatic hydroxyl groups is 4. The molecule has 5 N–H and O–H groups in total. The molecule has 0 amide bonds. The summed E-state index contributed by atoms with van der Waals surface area (Å²) in [6, 6.07) is 0. The van der Waals surface area contributed by atoms with Crippen LogP contribution in [0.15, 0.2) is 4.79 Å². The van der Waals surface area contributed by atoms with Gasteiger partial charge in [-0.3, -0.25) is 4.98 Å². The number of H-pyrrole nitrogens is 1. The summed E-state index contributed by atoms with van der Waals surface area (Å²) in [5.41, 5.74) is -0.545. The molecule has 0 radical (unpaired) electrons. The van der Waals surface area contributed by atoms with E-state index in [1.807, 2.05) is 0 Å². The third-order valence-corrected chi connectivity index (χ3v) is 3.55. The van der Waals surface area contributed by atoms with Crippen LogP contribution in [0.4, 0.5) is 11.9 Å². The van der Waals surface area contributed by atoms with Gasteiger partial charge in [0.05, 0.1) is 0 Å². The topological polar surface area (TPSA) is 146 Å². The number of nitrogens with one attached hydrogen (secondary N) is 1. The lowest BCUT2D eigenvalue weighted by Gasteiger charge is -2.25. The summed E-state index contributed by atoms with van der Waals surface area (Å²) in [4.78, 5) is 26.4. The van der Waals surface area contributed by atoms with Crippen molar-refractivity contribution in [2.45, 2.75) is 25.7 Å². The largest absolute Gasteiger partial charge is 0.396 e. The Labute approximate surface area is 146 Å². The van der Waals surface area contributed by atoms with Gasteiger partial charge < -0.3 is 30.2 Å². The van der Waals surface area contributed by atoms with Gasteiger partial charge in [0.15, 0.2) is 0 Å². The number of aromatic amines is 1. The van der Waals surface area contributed by atoms with Crippen LogP contribution in [-0.2, 0) is 0 Å². The number of hydrogen-bond donors (Lipinski definition) is 5. The molecule has 144 valence electrons. The molecule has 1 aromatic heterocycles. The second kappa shape index (κ2) is 12.6. The summed E-state index contributed by atoms with van der Waals surface area (Å²) in [5, 5.41) is 36.2. The molecule has 0 aliphatic rings. The van der Waals surface area contributed by atoms with E-state index in [1.165, 1.54) is 0 Å². The van der Waals surface area contributed by atoms with Crippen molar-refractivity contribution in [1.29, 1.82) is 0 Å². The van der Waals surface area contributed by atoms with Gasteiger partial charge in [0.2, 0.25) is 11.9 Å². The smallest absolute Gasteiger partial charge is 0.351 e. The first-order valence-electron chi connectivity index (χ1n) is 8.58. The van der Waals surface area contributed by atoms with E-state index in [0.717, 1.165) is 0 Å². The Morgan fingerprint density at radius 1 is 0.720 bits per heavy atom. The number of rotatable bonds is 14. The highest BCUT2D eigenvalue weighted by atomic mass is 16.3. The molecular formula is C15H29N5O5. The average Bonchev–Trinajstić information content (AvgIpc) is 2.61. The summed E-state index contributed by atoms with van der Waals surface area (Å²) in [7, 11) is 0. The highest BCUT2D eigenvalue weighted by Gasteiger charge is 2.15. The molecule has 1 aromatic rings. The molecule has 1 rings (SSSR count). The van der Waals surface area contributed by atoms with Crippen molar-refractivity contribution in [2.24, 2.45) is 0 Å². The van der Waals surface area contributed by atoms with E-state index in [2.05, 4.69) is 15.0 Å². The maximum atomic E-state index is 12.0. The normalized spacial score (nSPS) is 10.9. The molecule has 0 aliphatic carbocycles. The number of anilines is 2. The second-order valence-electron chi connectivity index (χ2n) is 5.56. The predicted molar refractivity (Wildman–Crippen MR) is 93.9 cm³/mol. The van der Waals surface area contributed by atoms with Crippen molar-refractivity contribution in [2.75, 3.05) is 62.4 Å². The van der Waals surface area contributed by atoms with Crippen LogP contribution in [0.25, 0.3) is 0 Å². The number of aromatic nitrogens is 3. The van der Waals surface area contributed by atoms with E-state index in [9.17, 15) is 4.79 Å². The number of aliphatic hydroxyl groups excluding tert-OH is 4. The fraction of sp³-hybridized carbons (Fsp3) is 0.800. The summed E-state index contributed by atoms with van der Waals surface area (Å²) in [6.07, 6.45) is 2.00. The first kappa shape index (κ1) is 21.3. The van der Waals surface area contributed by atoms with Gasteiger partial charge in [-0.05, 0) is 25.7 Å². The Balaban J connectivity index is 3.04. The SMILES string of the molecule is O=c1nc(N(CCCO)CCCO)nc(N(CCCO)CCCO)[nH]1. The van der Waals surface area contributed by atoms with Crippen molar-refractivity contribution in [3.63, 3.8) is 0 Å². The van der Waals surface area contributed by atoms with Crippen molar-refractivity contribution in [1.82, 2.24) is 15.0 Å². The van der Waals surface area contributed by atoms with E-state index in [-0.39, 0.29) is 32.4 Å².